The van der Waals surface area contributed by atoms with Crippen molar-refractivity contribution in [2.24, 2.45) is 0 Å². The van der Waals surface area contributed by atoms with Crippen LogP contribution in [0, 0.1) is 0 Å². The minimum absolute atomic E-state index is 0.0252. The topological polar surface area (TPSA) is 153 Å². The number of aliphatic hydroxyl groups is 1. The first kappa shape index (κ1) is 35.5. The maximum atomic E-state index is 13.2. The summed E-state index contributed by atoms with van der Waals surface area (Å²) < 4.78 is 13.1. The van der Waals surface area contributed by atoms with Crippen LogP contribution in [0.1, 0.15) is 80.5 Å². The van der Waals surface area contributed by atoms with Gasteiger partial charge in [-0.1, -0.05) is 61.0 Å². The zero-order valence-corrected chi connectivity index (χ0v) is 28.3. The standard InChI is InChI=1S/C38H47N5O7/c44-25-27-11-13-28(14-12-27)33-23-32(24-42-21-19-38(20-22-42)37(47)39-26-43(38)31-7-3-1-4-8-31)49-36(50-33)29-15-17-30(18-16-29)40-34(45)9-5-2-6-10-35(46)41-48/h1,3-4,7-8,11-18,32-33,36,44,48H,2,5-6,9-10,19-26H2,(H,39,47)(H,40,45)(H,41,46)/t32-,33+,36+/m1/s1. The Morgan fingerprint density at radius 3 is 2.22 bits per heavy atom. The smallest absolute Gasteiger partial charge is 0.247 e. The SMILES string of the molecule is O=C(CCCCCC(=O)Nc1ccc([C@H]2O[C@@H](CN3CCC4(CC3)C(=O)NCN4c3ccccc3)C[C@@H](c3ccc(CO)cc3)O2)cc1)NO. The Morgan fingerprint density at radius 1 is 0.860 bits per heavy atom. The Hall–Kier alpha value is -4.33. The van der Waals surface area contributed by atoms with Crippen LogP contribution in [-0.2, 0) is 30.5 Å². The van der Waals surface area contributed by atoms with Crippen molar-refractivity contribution in [2.45, 2.75) is 82.0 Å². The van der Waals surface area contributed by atoms with Gasteiger partial charge in [-0.05, 0) is 61.1 Å². The van der Waals surface area contributed by atoms with Gasteiger partial charge in [0.05, 0.1) is 25.5 Å². The molecule has 266 valence electrons. The molecule has 3 fully saturated rings. The first-order valence-corrected chi connectivity index (χ1v) is 17.5. The highest BCUT2D eigenvalue weighted by atomic mass is 16.7. The van der Waals surface area contributed by atoms with Gasteiger partial charge in [0.2, 0.25) is 17.7 Å². The molecular weight excluding hydrogens is 638 g/mol. The molecule has 1 spiro atoms. The third kappa shape index (κ3) is 8.51. The Labute approximate surface area is 292 Å². The molecule has 0 aliphatic carbocycles. The summed E-state index contributed by atoms with van der Waals surface area (Å²) in [6, 6.07) is 25.4. The van der Waals surface area contributed by atoms with Gasteiger partial charge < -0.3 is 35.0 Å². The number of piperidine rings is 1. The lowest BCUT2D eigenvalue weighted by Gasteiger charge is -2.45. The number of hydrogen-bond acceptors (Lipinski definition) is 9. The predicted octanol–water partition coefficient (Wildman–Crippen LogP) is 4.55. The summed E-state index contributed by atoms with van der Waals surface area (Å²) in [7, 11) is 0. The van der Waals surface area contributed by atoms with E-state index in [0.717, 1.165) is 48.3 Å². The number of anilines is 2. The van der Waals surface area contributed by atoms with Crippen molar-refractivity contribution < 1.29 is 34.2 Å². The van der Waals surface area contributed by atoms with E-state index in [0.29, 0.717) is 51.0 Å². The molecule has 0 radical (unpaired) electrons. The van der Waals surface area contributed by atoms with Gasteiger partial charge >= 0.3 is 0 Å². The van der Waals surface area contributed by atoms with Crippen LogP contribution in [0.15, 0.2) is 78.9 Å². The van der Waals surface area contributed by atoms with Gasteiger partial charge in [-0.25, -0.2) is 5.48 Å². The Bertz CT molecular complexity index is 1580. The van der Waals surface area contributed by atoms with Crippen LogP contribution in [0.3, 0.4) is 0 Å². The second-order valence-electron chi connectivity index (χ2n) is 13.4. The van der Waals surface area contributed by atoms with Crippen molar-refractivity contribution in [1.82, 2.24) is 15.7 Å². The number of likely N-dealkylation sites (tertiary alicyclic amines) is 1. The lowest BCUT2D eigenvalue weighted by molar-refractivity contribution is -0.253. The molecule has 0 saturated carbocycles. The van der Waals surface area contributed by atoms with E-state index in [1.54, 1.807) is 5.48 Å². The summed E-state index contributed by atoms with van der Waals surface area (Å²) in [5.74, 6) is -0.433. The number of nitrogens with zero attached hydrogens (tertiary/aromatic N) is 2. The Morgan fingerprint density at radius 2 is 1.54 bits per heavy atom. The number of hydrogen-bond donors (Lipinski definition) is 5. The number of hydroxylamine groups is 1. The van der Waals surface area contributed by atoms with Gasteiger partial charge in [-0.3, -0.25) is 19.6 Å². The van der Waals surface area contributed by atoms with Gasteiger partial charge in [-0.2, -0.15) is 0 Å². The average Bonchev–Trinajstić information content (AvgIpc) is 3.47. The normalized spacial score (nSPS) is 21.9. The highest BCUT2D eigenvalue weighted by Crippen LogP contribution is 2.40. The van der Waals surface area contributed by atoms with E-state index in [-0.39, 0.29) is 37.0 Å². The summed E-state index contributed by atoms with van der Waals surface area (Å²) >= 11 is 0. The first-order valence-electron chi connectivity index (χ1n) is 17.5. The maximum absolute atomic E-state index is 13.2. The first-order chi connectivity index (χ1) is 24.4. The maximum Gasteiger partial charge on any atom is 0.247 e. The van der Waals surface area contributed by atoms with E-state index in [9.17, 15) is 19.5 Å². The fraction of sp³-hybridized carbons (Fsp3) is 0.447. The molecule has 0 bridgehead atoms. The molecule has 6 rings (SSSR count). The zero-order valence-electron chi connectivity index (χ0n) is 28.3. The second-order valence-corrected chi connectivity index (χ2v) is 13.4. The molecule has 3 aliphatic heterocycles. The number of unbranched alkanes of at least 4 members (excludes halogenated alkanes) is 2. The molecule has 12 heteroatoms. The second kappa shape index (κ2) is 16.6. The summed E-state index contributed by atoms with van der Waals surface area (Å²) in [6.07, 6.45) is 3.65. The van der Waals surface area contributed by atoms with Crippen molar-refractivity contribution in [3.63, 3.8) is 0 Å². The molecular formula is C38H47N5O7. The summed E-state index contributed by atoms with van der Waals surface area (Å²) in [5.41, 5.74) is 5.48. The van der Waals surface area contributed by atoms with Crippen molar-refractivity contribution >= 4 is 29.1 Å². The van der Waals surface area contributed by atoms with Crippen molar-refractivity contribution in [3.05, 3.63) is 95.6 Å². The van der Waals surface area contributed by atoms with Gasteiger partial charge in [0.25, 0.3) is 0 Å². The van der Waals surface area contributed by atoms with Crippen LogP contribution in [0.4, 0.5) is 11.4 Å². The van der Waals surface area contributed by atoms with Gasteiger partial charge in [0.15, 0.2) is 6.29 Å². The lowest BCUT2D eigenvalue weighted by Crippen LogP contribution is -2.57. The molecule has 50 heavy (non-hydrogen) atoms. The van der Waals surface area contributed by atoms with E-state index in [2.05, 4.69) is 32.6 Å². The number of carbonyl (C=O) groups is 3. The molecule has 0 aromatic heterocycles. The number of amides is 3. The monoisotopic (exact) mass is 685 g/mol. The molecule has 0 unspecified atom stereocenters. The van der Waals surface area contributed by atoms with Crippen LogP contribution < -0.4 is 21.0 Å². The van der Waals surface area contributed by atoms with Crippen molar-refractivity contribution in [3.8, 4) is 0 Å². The van der Waals surface area contributed by atoms with Gasteiger partial charge in [-0.15, -0.1) is 0 Å². The van der Waals surface area contributed by atoms with E-state index in [1.807, 2.05) is 66.7 Å². The van der Waals surface area contributed by atoms with Crippen molar-refractivity contribution in [2.75, 3.05) is 36.5 Å². The van der Waals surface area contributed by atoms with Gasteiger partial charge in [0.1, 0.15) is 5.54 Å². The number of aliphatic hydroxyl groups excluding tert-OH is 1. The fourth-order valence-corrected chi connectivity index (χ4v) is 7.21. The van der Waals surface area contributed by atoms with Crippen LogP contribution in [0.2, 0.25) is 0 Å². The number of ether oxygens (including phenoxy) is 2. The third-order valence-electron chi connectivity index (χ3n) is 10.1. The minimum atomic E-state index is -0.623. The zero-order chi connectivity index (χ0) is 34.9. The van der Waals surface area contributed by atoms with Crippen LogP contribution in [-0.4, -0.2) is 70.9 Å². The fourth-order valence-electron chi connectivity index (χ4n) is 7.21. The average molecular weight is 686 g/mol. The largest absolute Gasteiger partial charge is 0.392 e. The van der Waals surface area contributed by atoms with Crippen molar-refractivity contribution in [1.29, 1.82) is 0 Å². The predicted molar refractivity (Wildman–Crippen MR) is 187 cm³/mol. The summed E-state index contributed by atoms with van der Waals surface area (Å²) in [6.45, 7) is 2.73. The number of carbonyl (C=O) groups excluding carboxylic acids is 3. The van der Waals surface area contributed by atoms with E-state index < -0.39 is 17.7 Å². The molecule has 3 aromatic carbocycles. The van der Waals surface area contributed by atoms with E-state index in [4.69, 9.17) is 14.7 Å². The molecule has 3 amide bonds. The Kier molecular flexibility index (Phi) is 11.8. The molecule has 12 nitrogen and oxygen atoms in total. The molecule has 3 atom stereocenters. The highest BCUT2D eigenvalue weighted by molar-refractivity contribution is 5.93. The summed E-state index contributed by atoms with van der Waals surface area (Å²) in [4.78, 5) is 41.4. The van der Waals surface area contributed by atoms with E-state index >= 15 is 0 Å². The number of nitrogens with one attached hydrogen (secondary N) is 3. The molecule has 5 N–H and O–H groups in total. The molecule has 3 aromatic rings. The van der Waals surface area contributed by atoms with E-state index in [1.165, 1.54) is 0 Å². The molecule has 3 aliphatic rings. The van der Waals surface area contributed by atoms with Gasteiger partial charge in [0, 0.05) is 55.8 Å². The van der Waals surface area contributed by atoms with Crippen LogP contribution >= 0.6 is 0 Å². The molecule has 3 heterocycles. The van der Waals surface area contributed by atoms with Crippen LogP contribution in [0.25, 0.3) is 0 Å². The highest BCUT2D eigenvalue weighted by Gasteiger charge is 2.50. The number of benzene rings is 3. The summed E-state index contributed by atoms with van der Waals surface area (Å²) in [5, 5.41) is 24.2. The number of rotatable bonds is 13. The quantitative estimate of drug-likeness (QED) is 0.0992. The molecule has 3 saturated heterocycles. The lowest BCUT2D eigenvalue weighted by atomic mass is 9.85. The minimum Gasteiger partial charge on any atom is -0.392 e. The van der Waals surface area contributed by atoms with Crippen LogP contribution in [0.5, 0.6) is 0 Å². The Balaban J connectivity index is 1.08. The number of para-hydroxylation sites is 1. The third-order valence-corrected chi connectivity index (χ3v) is 10.1.